The number of fused-ring (bicyclic) bond motifs is 1. The smallest absolute Gasteiger partial charge is 0.248 e. The van der Waals surface area contributed by atoms with Gasteiger partial charge in [-0.25, -0.2) is 0 Å². The second kappa shape index (κ2) is 4.11. The zero-order chi connectivity index (χ0) is 11.7. The second-order valence-corrected chi connectivity index (χ2v) is 3.62. The summed E-state index contributed by atoms with van der Waals surface area (Å²) in [5, 5.41) is 8.92. The van der Waals surface area contributed by atoms with Crippen molar-refractivity contribution in [3.8, 4) is 5.75 Å². The van der Waals surface area contributed by atoms with Gasteiger partial charge in [0.05, 0.1) is 19.4 Å². The maximum absolute atomic E-state index is 11.8. The van der Waals surface area contributed by atoms with Crippen molar-refractivity contribution < 1.29 is 14.6 Å². The lowest BCUT2D eigenvalue weighted by Crippen LogP contribution is -2.33. The van der Waals surface area contributed by atoms with E-state index >= 15 is 0 Å². The van der Waals surface area contributed by atoms with Crippen molar-refractivity contribution in [2.75, 3.05) is 25.2 Å². The number of anilines is 1. The van der Waals surface area contributed by atoms with Gasteiger partial charge in [-0.1, -0.05) is 6.07 Å². The average molecular weight is 222 g/mol. The molecular formula is C11H14N2O3. The fourth-order valence-corrected chi connectivity index (χ4v) is 1.90. The molecule has 1 amide bonds. The summed E-state index contributed by atoms with van der Waals surface area (Å²) in [6, 6.07) is 4.69. The minimum atomic E-state index is -0.632. The number of rotatable bonds is 3. The minimum Gasteiger partial charge on any atom is -0.497 e. The molecule has 1 aromatic rings. The number of nitrogens with zero attached hydrogens (tertiary/aromatic N) is 1. The number of ether oxygens (including phenoxy) is 1. The van der Waals surface area contributed by atoms with Gasteiger partial charge in [0.15, 0.2) is 0 Å². The molecule has 1 aromatic carbocycles. The fourth-order valence-electron chi connectivity index (χ4n) is 1.90. The zero-order valence-corrected chi connectivity index (χ0v) is 9.01. The summed E-state index contributed by atoms with van der Waals surface area (Å²) in [6.07, 6.45) is 0. The predicted octanol–water partition coefficient (Wildman–Crippen LogP) is 0.0339. The van der Waals surface area contributed by atoms with E-state index in [2.05, 4.69) is 0 Å². The van der Waals surface area contributed by atoms with Gasteiger partial charge in [-0.15, -0.1) is 0 Å². The van der Waals surface area contributed by atoms with Crippen LogP contribution in [0.3, 0.4) is 0 Å². The van der Waals surface area contributed by atoms with Crippen LogP contribution < -0.4 is 15.4 Å². The van der Waals surface area contributed by atoms with Gasteiger partial charge < -0.3 is 20.5 Å². The molecule has 16 heavy (non-hydrogen) atoms. The van der Waals surface area contributed by atoms with Crippen LogP contribution >= 0.6 is 0 Å². The van der Waals surface area contributed by atoms with Crippen molar-refractivity contribution in [3.63, 3.8) is 0 Å². The number of β-amino-alcohol motifs (C(OH)–C–C–N with tert-alkyl or cyclic N) is 1. The third-order valence-corrected chi connectivity index (χ3v) is 2.72. The number of aliphatic hydroxyl groups is 1. The molecule has 0 spiro atoms. The Hall–Kier alpha value is -1.59. The summed E-state index contributed by atoms with van der Waals surface area (Å²) < 4.78 is 5.10. The minimum absolute atomic E-state index is 0.0882. The van der Waals surface area contributed by atoms with E-state index in [4.69, 9.17) is 15.6 Å². The molecule has 3 N–H and O–H groups in total. The Morgan fingerprint density at radius 2 is 2.31 bits per heavy atom. The van der Waals surface area contributed by atoms with Crippen LogP contribution in [0.2, 0.25) is 0 Å². The molecule has 5 heteroatoms. The highest BCUT2D eigenvalue weighted by atomic mass is 16.5. The van der Waals surface area contributed by atoms with Gasteiger partial charge in [0, 0.05) is 18.2 Å². The van der Waals surface area contributed by atoms with E-state index in [1.165, 1.54) is 4.90 Å². The van der Waals surface area contributed by atoms with Crippen LogP contribution in [0, 0.1) is 0 Å². The molecular weight excluding hydrogens is 208 g/mol. The lowest BCUT2D eigenvalue weighted by molar-refractivity contribution is -0.119. The van der Waals surface area contributed by atoms with E-state index < -0.39 is 6.04 Å². The topological polar surface area (TPSA) is 75.8 Å². The number of benzene rings is 1. The highest BCUT2D eigenvalue weighted by Gasteiger charge is 2.34. The maximum atomic E-state index is 11.8. The third-order valence-electron chi connectivity index (χ3n) is 2.72. The van der Waals surface area contributed by atoms with E-state index in [0.29, 0.717) is 5.75 Å². The fraction of sp³-hybridized carbons (Fsp3) is 0.364. The molecule has 1 unspecified atom stereocenters. The summed E-state index contributed by atoms with van der Waals surface area (Å²) in [7, 11) is 1.56. The Kier molecular flexibility index (Phi) is 2.80. The summed E-state index contributed by atoms with van der Waals surface area (Å²) in [5.74, 6) is 0.487. The summed E-state index contributed by atoms with van der Waals surface area (Å²) in [5.41, 5.74) is 7.29. The van der Waals surface area contributed by atoms with Gasteiger partial charge in [-0.2, -0.15) is 0 Å². The Morgan fingerprint density at radius 3 is 2.94 bits per heavy atom. The van der Waals surface area contributed by atoms with E-state index in [1.807, 2.05) is 0 Å². The van der Waals surface area contributed by atoms with Crippen LogP contribution in [-0.4, -0.2) is 31.3 Å². The van der Waals surface area contributed by atoms with Gasteiger partial charge in [0.2, 0.25) is 5.91 Å². The molecule has 1 atom stereocenters. The van der Waals surface area contributed by atoms with Gasteiger partial charge in [-0.05, 0) is 6.07 Å². The molecule has 1 heterocycles. The van der Waals surface area contributed by atoms with Crippen molar-refractivity contribution in [1.82, 2.24) is 0 Å². The van der Waals surface area contributed by atoms with Crippen LogP contribution in [0.25, 0.3) is 0 Å². The summed E-state index contributed by atoms with van der Waals surface area (Å²) in [6.45, 7) is 0.168. The van der Waals surface area contributed by atoms with E-state index in [-0.39, 0.29) is 19.1 Å². The number of hydrogen-bond donors (Lipinski definition) is 2. The number of carbonyl (C=O) groups is 1. The quantitative estimate of drug-likeness (QED) is 0.756. The summed E-state index contributed by atoms with van der Waals surface area (Å²) in [4.78, 5) is 13.3. The summed E-state index contributed by atoms with van der Waals surface area (Å²) >= 11 is 0. The van der Waals surface area contributed by atoms with Crippen LogP contribution in [0.5, 0.6) is 5.75 Å². The molecule has 2 rings (SSSR count). The first-order valence-corrected chi connectivity index (χ1v) is 5.04. The number of methoxy groups -OCH3 is 1. The third kappa shape index (κ3) is 1.54. The molecule has 0 aliphatic carbocycles. The van der Waals surface area contributed by atoms with Crippen LogP contribution in [0.4, 0.5) is 5.69 Å². The molecule has 86 valence electrons. The molecule has 1 aliphatic heterocycles. The molecule has 0 radical (unpaired) electrons. The zero-order valence-electron chi connectivity index (χ0n) is 9.01. The van der Waals surface area contributed by atoms with Crippen LogP contribution in [-0.2, 0) is 4.79 Å². The first-order valence-electron chi connectivity index (χ1n) is 5.04. The normalized spacial score (nSPS) is 18.8. The molecule has 0 saturated heterocycles. The average Bonchev–Trinajstić information content (AvgIpc) is 2.54. The number of nitrogens with two attached hydrogens (primary N) is 1. The predicted molar refractivity (Wildman–Crippen MR) is 59.4 cm³/mol. The van der Waals surface area contributed by atoms with Crippen LogP contribution in [0.1, 0.15) is 11.6 Å². The van der Waals surface area contributed by atoms with Crippen molar-refractivity contribution in [2.24, 2.45) is 5.73 Å². The van der Waals surface area contributed by atoms with Crippen molar-refractivity contribution in [2.45, 2.75) is 6.04 Å². The van der Waals surface area contributed by atoms with Crippen LogP contribution in [0.15, 0.2) is 18.2 Å². The van der Waals surface area contributed by atoms with E-state index in [9.17, 15) is 4.79 Å². The lowest BCUT2D eigenvalue weighted by atomic mass is 10.1. The molecule has 1 aliphatic rings. The monoisotopic (exact) mass is 222 g/mol. The number of carbonyl (C=O) groups excluding carboxylic acids is 1. The SMILES string of the molecule is COc1ccc2c(c1)N(CCO)C(=O)C2N. The second-order valence-electron chi connectivity index (χ2n) is 3.62. The van der Waals surface area contributed by atoms with E-state index in [1.54, 1.807) is 25.3 Å². The van der Waals surface area contributed by atoms with E-state index in [0.717, 1.165) is 11.3 Å². The molecule has 0 saturated carbocycles. The Labute approximate surface area is 93.4 Å². The number of hydrogen-bond acceptors (Lipinski definition) is 4. The molecule has 5 nitrogen and oxygen atoms in total. The van der Waals surface area contributed by atoms with Gasteiger partial charge in [-0.3, -0.25) is 4.79 Å². The molecule has 0 fully saturated rings. The van der Waals surface area contributed by atoms with Gasteiger partial charge >= 0.3 is 0 Å². The Bertz CT molecular complexity index is 420. The lowest BCUT2D eigenvalue weighted by Gasteiger charge is -2.16. The highest BCUT2D eigenvalue weighted by molar-refractivity contribution is 6.04. The maximum Gasteiger partial charge on any atom is 0.248 e. The standard InChI is InChI=1S/C11H14N2O3/c1-16-7-2-3-8-9(6-7)13(4-5-14)11(15)10(8)12/h2-3,6,10,14H,4-5,12H2,1H3. The number of aliphatic hydroxyl groups excluding tert-OH is 1. The first-order chi connectivity index (χ1) is 7.69. The van der Waals surface area contributed by atoms with Gasteiger partial charge in [0.25, 0.3) is 0 Å². The molecule has 0 bridgehead atoms. The van der Waals surface area contributed by atoms with Gasteiger partial charge in [0.1, 0.15) is 11.8 Å². The highest BCUT2D eigenvalue weighted by Crippen LogP contribution is 2.36. The van der Waals surface area contributed by atoms with Crippen molar-refractivity contribution in [1.29, 1.82) is 0 Å². The van der Waals surface area contributed by atoms with Crippen molar-refractivity contribution in [3.05, 3.63) is 23.8 Å². The first kappa shape index (κ1) is 10.9. The van der Waals surface area contributed by atoms with Crippen molar-refractivity contribution >= 4 is 11.6 Å². The Balaban J connectivity index is 2.44. The molecule has 0 aromatic heterocycles. The number of amides is 1. The largest absolute Gasteiger partial charge is 0.497 e. The Morgan fingerprint density at radius 1 is 1.56 bits per heavy atom.